The molecule has 2 heterocycles. The molecule has 17 heavy (non-hydrogen) atoms. The first-order chi connectivity index (χ1) is 7.91. The van der Waals surface area contributed by atoms with Gasteiger partial charge in [-0.05, 0) is 19.3 Å². The lowest BCUT2D eigenvalue weighted by atomic mass is 10.0. The molecule has 1 aliphatic rings. The number of aliphatic hydroxyl groups excluding tert-OH is 1. The molecule has 0 amide bonds. The quantitative estimate of drug-likeness (QED) is 0.909. The predicted octanol–water partition coefficient (Wildman–Crippen LogP) is 1.19. The van der Waals surface area contributed by atoms with Gasteiger partial charge in [0.1, 0.15) is 0 Å². The molecule has 1 saturated heterocycles. The van der Waals surface area contributed by atoms with E-state index < -0.39 is 16.1 Å². The average Bonchev–Trinajstić information content (AvgIpc) is 2.85. The van der Waals surface area contributed by atoms with Crippen molar-refractivity contribution in [3.8, 4) is 0 Å². The lowest BCUT2D eigenvalue weighted by molar-refractivity contribution is 0.133. The van der Waals surface area contributed by atoms with E-state index in [-0.39, 0.29) is 14.6 Å². The summed E-state index contributed by atoms with van der Waals surface area (Å²) < 4.78 is 26.1. The van der Waals surface area contributed by atoms with Crippen LogP contribution < -0.4 is 0 Å². The first-order valence-corrected chi connectivity index (χ1v) is 7.84. The summed E-state index contributed by atoms with van der Waals surface area (Å²) in [6.07, 6.45) is 1.47. The summed E-state index contributed by atoms with van der Waals surface area (Å²) >= 11 is 6.59. The van der Waals surface area contributed by atoms with Gasteiger partial charge in [-0.15, -0.1) is 0 Å². The van der Waals surface area contributed by atoms with Crippen molar-refractivity contribution in [2.45, 2.75) is 23.7 Å². The van der Waals surface area contributed by atoms with E-state index in [9.17, 15) is 13.5 Å². The standard InChI is InChI=1S/C9H13ClN2O3S2/c1-6(13)7-2-3-12(5-7)17(14,15)8-4-11-9(10)16-8/h4,6-7,13H,2-3,5H2,1H3. The Balaban J connectivity index is 2.18. The van der Waals surface area contributed by atoms with E-state index in [2.05, 4.69) is 4.98 Å². The Labute approximate surface area is 109 Å². The van der Waals surface area contributed by atoms with Gasteiger partial charge in [0.05, 0.1) is 12.3 Å². The molecule has 0 spiro atoms. The first kappa shape index (κ1) is 13.2. The summed E-state index contributed by atoms with van der Waals surface area (Å²) in [5.41, 5.74) is 0. The monoisotopic (exact) mass is 296 g/mol. The van der Waals surface area contributed by atoms with Crippen molar-refractivity contribution in [3.63, 3.8) is 0 Å². The summed E-state index contributed by atoms with van der Waals surface area (Å²) in [6, 6.07) is 0. The Hall–Kier alpha value is -0.210. The van der Waals surface area contributed by atoms with E-state index in [1.807, 2.05) is 0 Å². The topological polar surface area (TPSA) is 70.5 Å². The smallest absolute Gasteiger partial charge is 0.254 e. The van der Waals surface area contributed by atoms with Crippen molar-refractivity contribution in [1.82, 2.24) is 9.29 Å². The van der Waals surface area contributed by atoms with Crippen molar-refractivity contribution < 1.29 is 13.5 Å². The lowest BCUT2D eigenvalue weighted by Gasteiger charge is -2.16. The Bertz CT molecular complexity index is 500. The third-order valence-electron chi connectivity index (χ3n) is 2.92. The Morgan fingerprint density at radius 3 is 2.88 bits per heavy atom. The Kier molecular flexibility index (Phi) is 3.74. The molecular weight excluding hydrogens is 284 g/mol. The zero-order valence-electron chi connectivity index (χ0n) is 9.21. The van der Waals surface area contributed by atoms with Crippen LogP contribution >= 0.6 is 22.9 Å². The van der Waals surface area contributed by atoms with Gasteiger partial charge in [-0.3, -0.25) is 0 Å². The van der Waals surface area contributed by atoms with Crippen LogP contribution in [-0.4, -0.2) is 42.0 Å². The van der Waals surface area contributed by atoms with Crippen molar-refractivity contribution in [2.24, 2.45) is 5.92 Å². The molecule has 1 fully saturated rings. The molecule has 0 aromatic carbocycles. The van der Waals surface area contributed by atoms with Gasteiger partial charge in [0.15, 0.2) is 8.68 Å². The molecule has 0 saturated carbocycles. The fraction of sp³-hybridized carbons (Fsp3) is 0.667. The number of thiazole rings is 1. The van der Waals surface area contributed by atoms with Gasteiger partial charge in [-0.25, -0.2) is 13.4 Å². The number of aromatic nitrogens is 1. The van der Waals surface area contributed by atoms with Gasteiger partial charge in [-0.1, -0.05) is 22.9 Å². The first-order valence-electron chi connectivity index (χ1n) is 5.21. The van der Waals surface area contributed by atoms with Crippen molar-refractivity contribution in [2.75, 3.05) is 13.1 Å². The van der Waals surface area contributed by atoms with E-state index in [1.54, 1.807) is 6.92 Å². The molecule has 1 N–H and O–H groups in total. The van der Waals surface area contributed by atoms with E-state index in [0.29, 0.717) is 19.5 Å². The molecule has 96 valence electrons. The highest BCUT2D eigenvalue weighted by Gasteiger charge is 2.35. The minimum Gasteiger partial charge on any atom is -0.393 e. The molecule has 1 aliphatic heterocycles. The minimum atomic E-state index is -3.49. The number of hydrogen-bond donors (Lipinski definition) is 1. The highest BCUT2D eigenvalue weighted by Crippen LogP contribution is 2.30. The van der Waals surface area contributed by atoms with Crippen LogP contribution in [0.1, 0.15) is 13.3 Å². The predicted molar refractivity (Wildman–Crippen MR) is 65.7 cm³/mol. The van der Waals surface area contributed by atoms with Crippen molar-refractivity contribution >= 4 is 33.0 Å². The second-order valence-corrected chi connectivity index (χ2v) is 7.86. The molecule has 1 aromatic rings. The third-order valence-corrected chi connectivity index (χ3v) is 6.34. The van der Waals surface area contributed by atoms with Crippen LogP contribution in [0.3, 0.4) is 0 Å². The van der Waals surface area contributed by atoms with Crippen LogP contribution in [0.2, 0.25) is 4.47 Å². The fourth-order valence-corrected chi connectivity index (χ4v) is 4.81. The van der Waals surface area contributed by atoms with E-state index in [4.69, 9.17) is 11.6 Å². The number of sulfonamides is 1. The molecule has 0 radical (unpaired) electrons. The molecule has 2 unspecified atom stereocenters. The number of hydrogen-bond acceptors (Lipinski definition) is 5. The third kappa shape index (κ3) is 2.63. The number of nitrogens with zero attached hydrogens (tertiary/aromatic N) is 2. The normalized spacial score (nSPS) is 24.1. The molecule has 1 aromatic heterocycles. The molecule has 0 bridgehead atoms. The van der Waals surface area contributed by atoms with E-state index in [1.165, 1.54) is 10.5 Å². The molecule has 2 atom stereocenters. The Morgan fingerprint density at radius 2 is 2.41 bits per heavy atom. The summed E-state index contributed by atoms with van der Waals surface area (Å²) in [4.78, 5) is 3.74. The summed E-state index contributed by atoms with van der Waals surface area (Å²) in [7, 11) is -3.49. The van der Waals surface area contributed by atoms with Crippen LogP contribution in [0.5, 0.6) is 0 Å². The molecule has 2 rings (SSSR count). The second kappa shape index (κ2) is 4.81. The van der Waals surface area contributed by atoms with Gasteiger partial charge >= 0.3 is 0 Å². The zero-order valence-corrected chi connectivity index (χ0v) is 11.6. The van der Waals surface area contributed by atoms with Crippen LogP contribution in [-0.2, 0) is 10.0 Å². The SMILES string of the molecule is CC(O)C1CCN(S(=O)(=O)c2cnc(Cl)s2)C1. The lowest BCUT2D eigenvalue weighted by Crippen LogP contribution is -2.30. The summed E-state index contributed by atoms with van der Waals surface area (Å²) in [5, 5.41) is 9.46. The fourth-order valence-electron chi connectivity index (χ4n) is 1.85. The largest absolute Gasteiger partial charge is 0.393 e. The number of rotatable bonds is 3. The van der Waals surface area contributed by atoms with Gasteiger partial charge in [-0.2, -0.15) is 4.31 Å². The van der Waals surface area contributed by atoms with Crippen molar-refractivity contribution in [3.05, 3.63) is 10.7 Å². The maximum atomic E-state index is 12.2. The highest BCUT2D eigenvalue weighted by molar-refractivity contribution is 7.91. The van der Waals surface area contributed by atoms with E-state index >= 15 is 0 Å². The van der Waals surface area contributed by atoms with Gasteiger partial charge in [0, 0.05) is 13.1 Å². The molecule has 8 heteroatoms. The van der Waals surface area contributed by atoms with Crippen LogP contribution in [0.15, 0.2) is 10.4 Å². The maximum absolute atomic E-state index is 12.2. The van der Waals surface area contributed by atoms with E-state index in [0.717, 1.165) is 11.3 Å². The summed E-state index contributed by atoms with van der Waals surface area (Å²) in [5.74, 6) is 0.00756. The molecular formula is C9H13ClN2O3S2. The number of aliphatic hydroxyl groups is 1. The maximum Gasteiger partial charge on any atom is 0.254 e. The van der Waals surface area contributed by atoms with Gasteiger partial charge in [0.2, 0.25) is 0 Å². The molecule has 0 aliphatic carbocycles. The average molecular weight is 297 g/mol. The Morgan fingerprint density at radius 1 is 1.71 bits per heavy atom. The van der Waals surface area contributed by atoms with Crippen molar-refractivity contribution in [1.29, 1.82) is 0 Å². The number of halogens is 1. The summed E-state index contributed by atoms with van der Waals surface area (Å²) in [6.45, 7) is 2.48. The minimum absolute atomic E-state index is 0.00756. The second-order valence-electron chi connectivity index (χ2n) is 4.08. The van der Waals surface area contributed by atoms with Crippen LogP contribution in [0.25, 0.3) is 0 Å². The van der Waals surface area contributed by atoms with Gasteiger partial charge in [0.25, 0.3) is 10.0 Å². The van der Waals surface area contributed by atoms with Crippen LogP contribution in [0.4, 0.5) is 0 Å². The van der Waals surface area contributed by atoms with Crippen LogP contribution in [0, 0.1) is 5.92 Å². The highest BCUT2D eigenvalue weighted by atomic mass is 35.5. The molecule has 5 nitrogen and oxygen atoms in total. The van der Waals surface area contributed by atoms with Gasteiger partial charge < -0.3 is 5.11 Å². The zero-order chi connectivity index (χ0) is 12.6.